The number of fused-ring (bicyclic) bond motifs is 2. The Morgan fingerprint density at radius 2 is 1.62 bits per heavy atom. The molecule has 2 nitrogen and oxygen atoms in total. The Bertz CT molecular complexity index is 1180. The molecule has 3 heteroatoms. The number of rotatable bonds is 2. The number of nitrogens with zero attached hydrogens (tertiary/aromatic N) is 2. The number of nitriles is 1. The van der Waals surface area contributed by atoms with Gasteiger partial charge in [-0.1, -0.05) is 67.3 Å². The van der Waals surface area contributed by atoms with Crippen LogP contribution in [0.2, 0.25) is 19.6 Å². The quantitative estimate of drug-likeness (QED) is 0.448. The summed E-state index contributed by atoms with van der Waals surface area (Å²) in [6, 6.07) is 23.2. The van der Waals surface area contributed by atoms with Crippen molar-refractivity contribution >= 4 is 34.8 Å². The van der Waals surface area contributed by atoms with Crippen LogP contribution in [-0.4, -0.2) is 13.1 Å². The molecular formula is C23H20N2Si. The van der Waals surface area contributed by atoms with Crippen LogP contribution in [-0.2, 0) is 0 Å². The zero-order valence-corrected chi connectivity index (χ0v) is 16.2. The van der Waals surface area contributed by atoms with Crippen LogP contribution in [0, 0.1) is 11.3 Å². The van der Waals surface area contributed by atoms with Gasteiger partial charge >= 0.3 is 0 Å². The monoisotopic (exact) mass is 352 g/mol. The Morgan fingerprint density at radius 3 is 2.38 bits per heavy atom. The molecule has 26 heavy (non-hydrogen) atoms. The first-order chi connectivity index (χ1) is 12.5. The molecule has 4 aromatic rings. The molecule has 3 aromatic carbocycles. The molecule has 0 spiro atoms. The number of hydrogen-bond donors (Lipinski definition) is 0. The molecule has 1 aromatic heterocycles. The lowest BCUT2D eigenvalue weighted by Gasteiger charge is -2.17. The van der Waals surface area contributed by atoms with Crippen molar-refractivity contribution in [2.75, 3.05) is 0 Å². The Hall–Kier alpha value is -2.96. The smallest absolute Gasteiger partial charge is 0.0998 e. The fourth-order valence-corrected chi connectivity index (χ4v) is 4.59. The summed E-state index contributed by atoms with van der Waals surface area (Å²) in [5, 5.41) is 15.4. The minimum Gasteiger partial charge on any atom is -0.256 e. The summed E-state index contributed by atoms with van der Waals surface area (Å²) in [4.78, 5) is 4.65. The van der Waals surface area contributed by atoms with E-state index in [1.54, 1.807) is 0 Å². The predicted molar refractivity (Wildman–Crippen MR) is 112 cm³/mol. The van der Waals surface area contributed by atoms with Crippen molar-refractivity contribution in [2.45, 2.75) is 19.6 Å². The Kier molecular flexibility index (Phi) is 3.86. The highest BCUT2D eigenvalue weighted by atomic mass is 28.3. The van der Waals surface area contributed by atoms with Gasteiger partial charge in [0, 0.05) is 17.1 Å². The Labute approximate surface area is 154 Å². The average molecular weight is 353 g/mol. The van der Waals surface area contributed by atoms with E-state index < -0.39 is 8.07 Å². The SMILES string of the molecule is C[Si](C)(C)c1ccc2c(-c3cc(C#N)c4ccccc4c3)nccc2c1. The summed E-state index contributed by atoms with van der Waals surface area (Å²) >= 11 is 0. The molecule has 0 aliphatic heterocycles. The van der Waals surface area contributed by atoms with E-state index >= 15 is 0 Å². The fraction of sp³-hybridized carbons (Fsp3) is 0.130. The van der Waals surface area contributed by atoms with Gasteiger partial charge in [-0.3, -0.25) is 4.98 Å². The molecule has 4 rings (SSSR count). The maximum Gasteiger partial charge on any atom is 0.0998 e. The van der Waals surface area contributed by atoms with Crippen molar-refractivity contribution in [3.05, 3.63) is 72.4 Å². The first-order valence-electron chi connectivity index (χ1n) is 8.80. The summed E-state index contributed by atoms with van der Waals surface area (Å²) in [5.74, 6) is 0. The van der Waals surface area contributed by atoms with Gasteiger partial charge in [0.15, 0.2) is 0 Å². The zero-order chi connectivity index (χ0) is 18.3. The average Bonchev–Trinajstić information content (AvgIpc) is 2.65. The summed E-state index contributed by atoms with van der Waals surface area (Å²) in [7, 11) is -1.36. The molecule has 0 radical (unpaired) electrons. The topological polar surface area (TPSA) is 36.7 Å². The third-order valence-corrected chi connectivity index (χ3v) is 6.93. The van der Waals surface area contributed by atoms with Crippen molar-refractivity contribution in [3.8, 4) is 17.3 Å². The lowest BCUT2D eigenvalue weighted by Crippen LogP contribution is -2.37. The summed E-state index contributed by atoms with van der Waals surface area (Å²) in [6.07, 6.45) is 1.87. The van der Waals surface area contributed by atoms with Crippen molar-refractivity contribution in [1.29, 1.82) is 5.26 Å². The molecule has 0 aliphatic carbocycles. The van der Waals surface area contributed by atoms with Gasteiger partial charge in [0.1, 0.15) is 0 Å². The van der Waals surface area contributed by atoms with E-state index in [0.717, 1.165) is 27.4 Å². The highest BCUT2D eigenvalue weighted by Crippen LogP contribution is 2.31. The number of hydrogen-bond acceptors (Lipinski definition) is 2. The third-order valence-electron chi connectivity index (χ3n) is 4.89. The van der Waals surface area contributed by atoms with Gasteiger partial charge in [0.25, 0.3) is 0 Å². The van der Waals surface area contributed by atoms with Gasteiger partial charge in [0.05, 0.1) is 25.4 Å². The maximum absolute atomic E-state index is 9.58. The van der Waals surface area contributed by atoms with Crippen LogP contribution in [0.25, 0.3) is 32.8 Å². The van der Waals surface area contributed by atoms with E-state index in [2.05, 4.69) is 61.0 Å². The highest BCUT2D eigenvalue weighted by molar-refractivity contribution is 6.88. The van der Waals surface area contributed by atoms with Crippen molar-refractivity contribution < 1.29 is 0 Å². The van der Waals surface area contributed by atoms with Crippen LogP contribution in [0.5, 0.6) is 0 Å². The summed E-state index contributed by atoms with van der Waals surface area (Å²) in [6.45, 7) is 7.08. The Morgan fingerprint density at radius 1 is 0.846 bits per heavy atom. The van der Waals surface area contributed by atoms with Crippen molar-refractivity contribution in [1.82, 2.24) is 4.98 Å². The highest BCUT2D eigenvalue weighted by Gasteiger charge is 2.17. The minimum absolute atomic E-state index is 0.690. The molecule has 0 atom stereocenters. The lowest BCUT2D eigenvalue weighted by molar-refractivity contribution is 1.36. The van der Waals surface area contributed by atoms with Crippen LogP contribution in [0.3, 0.4) is 0 Å². The summed E-state index contributed by atoms with van der Waals surface area (Å²) in [5.41, 5.74) is 2.62. The van der Waals surface area contributed by atoms with Crippen LogP contribution >= 0.6 is 0 Å². The number of aromatic nitrogens is 1. The van der Waals surface area contributed by atoms with Crippen molar-refractivity contribution in [2.24, 2.45) is 0 Å². The minimum atomic E-state index is -1.36. The van der Waals surface area contributed by atoms with Crippen LogP contribution in [0.15, 0.2) is 66.9 Å². The Balaban J connectivity index is 1.98. The van der Waals surface area contributed by atoms with Crippen LogP contribution < -0.4 is 5.19 Å². The van der Waals surface area contributed by atoms with Gasteiger partial charge in [0.2, 0.25) is 0 Å². The normalized spacial score (nSPS) is 11.6. The van der Waals surface area contributed by atoms with Crippen molar-refractivity contribution in [3.63, 3.8) is 0 Å². The second-order valence-corrected chi connectivity index (χ2v) is 12.8. The molecule has 0 saturated heterocycles. The largest absolute Gasteiger partial charge is 0.256 e. The van der Waals surface area contributed by atoms with Crippen LogP contribution in [0.1, 0.15) is 5.56 Å². The standard InChI is InChI=1S/C23H20N2Si/c1-26(2,3)20-8-9-22-17(14-20)10-11-25-23(22)18-12-16-6-4-5-7-21(16)19(13-18)15-24/h4-14H,1-3H3. The molecule has 0 saturated carbocycles. The van der Waals surface area contributed by atoms with Gasteiger partial charge in [-0.25, -0.2) is 0 Å². The zero-order valence-electron chi connectivity index (χ0n) is 15.2. The molecule has 1 heterocycles. The number of benzene rings is 3. The first kappa shape index (κ1) is 16.5. The van der Waals surface area contributed by atoms with E-state index in [9.17, 15) is 5.26 Å². The van der Waals surface area contributed by atoms with E-state index in [1.807, 2.05) is 36.5 Å². The maximum atomic E-state index is 9.58. The van der Waals surface area contributed by atoms with Gasteiger partial charge in [-0.05, 0) is 34.4 Å². The number of pyridine rings is 1. The van der Waals surface area contributed by atoms with Gasteiger partial charge in [-0.15, -0.1) is 0 Å². The first-order valence-corrected chi connectivity index (χ1v) is 12.3. The third kappa shape index (κ3) is 2.79. The van der Waals surface area contributed by atoms with Crippen LogP contribution in [0.4, 0.5) is 0 Å². The fourth-order valence-electron chi connectivity index (χ4n) is 3.41. The molecule has 0 aliphatic rings. The van der Waals surface area contributed by atoms with E-state index in [-0.39, 0.29) is 0 Å². The molecule has 0 N–H and O–H groups in total. The molecule has 0 fully saturated rings. The molecule has 0 amide bonds. The second kappa shape index (κ2) is 6.08. The molecule has 126 valence electrons. The van der Waals surface area contributed by atoms with Gasteiger partial charge < -0.3 is 0 Å². The van der Waals surface area contributed by atoms with E-state index in [1.165, 1.54) is 10.6 Å². The summed E-state index contributed by atoms with van der Waals surface area (Å²) < 4.78 is 0. The predicted octanol–water partition coefficient (Wildman–Crippen LogP) is 5.47. The second-order valence-electron chi connectivity index (χ2n) is 7.70. The van der Waals surface area contributed by atoms with Gasteiger partial charge in [-0.2, -0.15) is 5.26 Å². The molecule has 0 bridgehead atoms. The lowest BCUT2D eigenvalue weighted by atomic mass is 9.97. The van der Waals surface area contributed by atoms with E-state index in [4.69, 9.17) is 0 Å². The molecule has 0 unspecified atom stereocenters. The molecular weight excluding hydrogens is 332 g/mol. The van der Waals surface area contributed by atoms with E-state index in [0.29, 0.717) is 5.56 Å².